The highest BCUT2D eigenvalue weighted by atomic mass is 16.5. The van der Waals surface area contributed by atoms with Gasteiger partial charge < -0.3 is 10.5 Å². The lowest BCUT2D eigenvalue weighted by molar-refractivity contribution is 0.0551. The number of nitrogens with zero attached hydrogens (tertiary/aromatic N) is 1. The summed E-state index contributed by atoms with van der Waals surface area (Å²) in [5, 5.41) is 0.854. The molecule has 4 heteroatoms. The fraction of sp³-hybridized carbons (Fsp3) is 0.0769. The van der Waals surface area contributed by atoms with Gasteiger partial charge in [-0.1, -0.05) is 30.9 Å². The highest BCUT2D eigenvalue weighted by Crippen LogP contribution is 2.18. The van der Waals surface area contributed by atoms with Gasteiger partial charge in [-0.15, -0.1) is 0 Å². The highest BCUT2D eigenvalue weighted by Gasteiger charge is 2.12. The summed E-state index contributed by atoms with van der Waals surface area (Å²) in [7, 11) is 0. The Morgan fingerprint density at radius 2 is 2.24 bits per heavy atom. The van der Waals surface area contributed by atoms with Crippen molar-refractivity contribution >= 4 is 22.7 Å². The second-order valence-corrected chi connectivity index (χ2v) is 3.50. The molecule has 0 aliphatic carbocycles. The number of para-hydroxylation sites is 1. The molecule has 0 unspecified atom stereocenters. The van der Waals surface area contributed by atoms with E-state index >= 15 is 0 Å². The van der Waals surface area contributed by atoms with Crippen LogP contribution in [-0.4, -0.2) is 17.6 Å². The van der Waals surface area contributed by atoms with Crippen LogP contribution in [0.4, 0.5) is 5.82 Å². The summed E-state index contributed by atoms with van der Waals surface area (Å²) in [6.45, 7) is 3.63. The van der Waals surface area contributed by atoms with Crippen LogP contribution in [0.15, 0.2) is 43.0 Å². The number of anilines is 1. The lowest BCUT2D eigenvalue weighted by Gasteiger charge is -2.06. The molecule has 0 saturated heterocycles. The molecule has 0 aliphatic rings. The molecule has 17 heavy (non-hydrogen) atoms. The van der Waals surface area contributed by atoms with Crippen LogP contribution in [0.1, 0.15) is 10.4 Å². The number of nitrogen functional groups attached to an aromatic ring is 1. The molecule has 0 bridgehead atoms. The van der Waals surface area contributed by atoms with Crippen molar-refractivity contribution in [1.82, 2.24) is 4.98 Å². The summed E-state index contributed by atoms with van der Waals surface area (Å²) in [5.74, 6) is -0.307. The van der Waals surface area contributed by atoms with Crippen LogP contribution in [0.2, 0.25) is 0 Å². The molecule has 2 N–H and O–H groups in total. The first-order chi connectivity index (χ1) is 8.22. The molecular weight excluding hydrogens is 216 g/mol. The van der Waals surface area contributed by atoms with Gasteiger partial charge in [0, 0.05) is 5.39 Å². The van der Waals surface area contributed by atoms with Gasteiger partial charge in [0.25, 0.3) is 0 Å². The topological polar surface area (TPSA) is 65.2 Å². The van der Waals surface area contributed by atoms with Crippen LogP contribution in [0.25, 0.3) is 10.9 Å². The van der Waals surface area contributed by atoms with Crippen LogP contribution in [0, 0.1) is 0 Å². The van der Waals surface area contributed by atoms with E-state index in [0.29, 0.717) is 0 Å². The molecule has 86 valence electrons. The molecule has 4 nitrogen and oxygen atoms in total. The van der Waals surface area contributed by atoms with E-state index in [1.165, 1.54) is 6.08 Å². The maximum atomic E-state index is 11.7. The summed E-state index contributed by atoms with van der Waals surface area (Å²) >= 11 is 0. The lowest BCUT2D eigenvalue weighted by atomic mass is 10.1. The summed E-state index contributed by atoms with van der Waals surface area (Å²) in [6.07, 6.45) is 1.50. The van der Waals surface area contributed by atoms with Crippen molar-refractivity contribution in [3.05, 3.63) is 48.6 Å². The number of carbonyl (C=O) groups excluding carboxylic acids is 1. The third-order valence-corrected chi connectivity index (χ3v) is 2.31. The molecular formula is C13H12N2O2. The average Bonchev–Trinajstić information content (AvgIpc) is 2.35. The number of benzene rings is 1. The van der Waals surface area contributed by atoms with Gasteiger partial charge in [0.1, 0.15) is 18.0 Å². The van der Waals surface area contributed by atoms with Crippen LogP contribution in [-0.2, 0) is 4.74 Å². The van der Waals surface area contributed by atoms with Crippen LogP contribution in [0.3, 0.4) is 0 Å². The standard InChI is InChI=1S/C13H12N2O2/c1-2-7-17-13(16)10-8-9-5-3-4-6-11(9)15-12(10)14/h2-6,8H,1,7H2,(H2,14,15). The van der Waals surface area contributed by atoms with Crippen LogP contribution < -0.4 is 5.73 Å². The van der Waals surface area contributed by atoms with Crippen LogP contribution in [0.5, 0.6) is 0 Å². The number of esters is 1. The van der Waals surface area contributed by atoms with E-state index in [1.807, 2.05) is 24.3 Å². The third-order valence-electron chi connectivity index (χ3n) is 2.31. The predicted molar refractivity (Wildman–Crippen MR) is 66.6 cm³/mol. The zero-order chi connectivity index (χ0) is 12.3. The van der Waals surface area contributed by atoms with Crippen molar-refractivity contribution in [2.75, 3.05) is 12.3 Å². The van der Waals surface area contributed by atoms with Crippen molar-refractivity contribution < 1.29 is 9.53 Å². The average molecular weight is 228 g/mol. The number of rotatable bonds is 3. The summed E-state index contributed by atoms with van der Waals surface area (Å²) in [6, 6.07) is 9.13. The number of hydrogen-bond donors (Lipinski definition) is 1. The first-order valence-electron chi connectivity index (χ1n) is 5.15. The molecule has 0 saturated carbocycles. The number of aromatic nitrogens is 1. The minimum atomic E-state index is -0.486. The van der Waals surface area contributed by atoms with E-state index in [-0.39, 0.29) is 18.0 Å². The van der Waals surface area contributed by atoms with Gasteiger partial charge in [-0.3, -0.25) is 0 Å². The Morgan fingerprint density at radius 3 is 3.00 bits per heavy atom. The zero-order valence-corrected chi connectivity index (χ0v) is 9.22. The van der Waals surface area contributed by atoms with E-state index in [2.05, 4.69) is 11.6 Å². The fourth-order valence-corrected chi connectivity index (χ4v) is 1.51. The first-order valence-corrected chi connectivity index (χ1v) is 5.15. The Bertz CT molecular complexity index is 579. The first kappa shape index (κ1) is 11.1. The smallest absolute Gasteiger partial charge is 0.342 e. The van der Waals surface area contributed by atoms with Crippen LogP contribution >= 0.6 is 0 Å². The summed E-state index contributed by atoms with van der Waals surface area (Å²) in [4.78, 5) is 15.8. The molecule has 0 aliphatic heterocycles. The fourth-order valence-electron chi connectivity index (χ4n) is 1.51. The molecule has 2 rings (SSSR count). The second-order valence-electron chi connectivity index (χ2n) is 3.50. The summed E-state index contributed by atoms with van der Waals surface area (Å²) in [5.41, 5.74) is 6.76. The number of fused-ring (bicyclic) bond motifs is 1. The minimum Gasteiger partial charge on any atom is -0.458 e. The Hall–Kier alpha value is -2.36. The molecule has 1 aromatic carbocycles. The van der Waals surface area contributed by atoms with Gasteiger partial charge in [-0.2, -0.15) is 0 Å². The monoisotopic (exact) mass is 228 g/mol. The third kappa shape index (κ3) is 2.25. The van der Waals surface area contributed by atoms with Gasteiger partial charge in [-0.05, 0) is 12.1 Å². The molecule has 2 aromatic rings. The maximum Gasteiger partial charge on any atom is 0.342 e. The largest absolute Gasteiger partial charge is 0.458 e. The molecule has 0 radical (unpaired) electrons. The van der Waals surface area contributed by atoms with Crippen molar-refractivity contribution in [3.8, 4) is 0 Å². The second kappa shape index (κ2) is 4.65. The van der Waals surface area contributed by atoms with Gasteiger partial charge in [0.15, 0.2) is 0 Å². The van der Waals surface area contributed by atoms with E-state index < -0.39 is 5.97 Å². The van der Waals surface area contributed by atoms with E-state index in [9.17, 15) is 4.79 Å². The van der Waals surface area contributed by atoms with E-state index in [1.54, 1.807) is 6.07 Å². The maximum absolute atomic E-state index is 11.7. The van der Waals surface area contributed by atoms with E-state index in [0.717, 1.165) is 10.9 Å². The Balaban J connectivity index is 2.43. The quantitative estimate of drug-likeness (QED) is 0.645. The molecule has 1 aromatic heterocycles. The molecule has 0 atom stereocenters. The van der Waals surface area contributed by atoms with E-state index in [4.69, 9.17) is 10.5 Å². The SMILES string of the molecule is C=CCOC(=O)c1cc2ccccc2nc1N. The highest BCUT2D eigenvalue weighted by molar-refractivity contribution is 5.98. The van der Waals surface area contributed by atoms with Crippen molar-refractivity contribution in [3.63, 3.8) is 0 Å². The number of hydrogen-bond acceptors (Lipinski definition) is 4. The predicted octanol–water partition coefficient (Wildman–Crippen LogP) is 2.16. The molecule has 0 spiro atoms. The zero-order valence-electron chi connectivity index (χ0n) is 9.22. The number of pyridine rings is 1. The minimum absolute atomic E-state index is 0.158. The Morgan fingerprint density at radius 1 is 1.47 bits per heavy atom. The normalized spacial score (nSPS) is 10.1. The Labute approximate surface area is 98.7 Å². The van der Waals surface area contributed by atoms with Crippen molar-refractivity contribution in [1.29, 1.82) is 0 Å². The van der Waals surface area contributed by atoms with Gasteiger partial charge in [0.05, 0.1) is 5.52 Å². The van der Waals surface area contributed by atoms with Crippen molar-refractivity contribution in [2.45, 2.75) is 0 Å². The Kier molecular flexibility index (Phi) is 3.05. The molecule has 0 amide bonds. The van der Waals surface area contributed by atoms with Gasteiger partial charge >= 0.3 is 5.97 Å². The number of nitrogens with two attached hydrogens (primary N) is 1. The van der Waals surface area contributed by atoms with Gasteiger partial charge in [-0.25, -0.2) is 9.78 Å². The number of ether oxygens (including phenoxy) is 1. The van der Waals surface area contributed by atoms with Crippen molar-refractivity contribution in [2.24, 2.45) is 0 Å². The van der Waals surface area contributed by atoms with Gasteiger partial charge in [0.2, 0.25) is 0 Å². The lowest BCUT2D eigenvalue weighted by Crippen LogP contribution is -2.09. The molecule has 1 heterocycles. The molecule has 0 fully saturated rings. The number of carbonyl (C=O) groups is 1. The summed E-state index contributed by atoms with van der Waals surface area (Å²) < 4.78 is 4.93.